The molecule has 0 aromatic heterocycles. The van der Waals surface area contributed by atoms with E-state index in [2.05, 4.69) is 88.5 Å². The lowest BCUT2D eigenvalue weighted by atomic mass is 9.76. The molecule has 0 unspecified atom stereocenters. The molecule has 0 fully saturated rings. The Bertz CT molecular complexity index is 869. The largest absolute Gasteiger partial charge is 0.463 e. The average Bonchev–Trinajstić information content (AvgIpc) is 2.95. The highest BCUT2D eigenvalue weighted by atomic mass is 16.5. The molecule has 0 bridgehead atoms. The standard InChI is InChI=1S/C36H56O4/c1-6-10-11-12-13-14-15-16-17-18-19-20-21-22-23-24-25-26-33(37)28-31-27-32(36(38)39-9-4)29-35(30(31)5)40-34(7-2)8-3/h10-11,13-14,16-17,19-20,22-23,29-31,34-35H,6-9,12,15,18,21,24-28H2,1-5H3/b11-10-,14-13-,17-16-,20-19-,23-22-/t30-,31-,35-/m1/s1. The lowest BCUT2D eigenvalue weighted by Gasteiger charge is -2.36. The van der Waals surface area contributed by atoms with Crippen molar-refractivity contribution < 1.29 is 19.1 Å². The molecule has 3 atom stereocenters. The van der Waals surface area contributed by atoms with Gasteiger partial charge in [-0.05, 0) is 89.0 Å². The number of hydrogen-bond acceptors (Lipinski definition) is 4. The molecule has 0 saturated heterocycles. The molecule has 0 amide bonds. The summed E-state index contributed by atoms with van der Waals surface area (Å²) in [4.78, 5) is 25.3. The number of esters is 1. The molecule has 0 aliphatic heterocycles. The normalized spacial score (nSPS) is 20.1. The fourth-order valence-electron chi connectivity index (χ4n) is 4.83. The van der Waals surface area contributed by atoms with E-state index < -0.39 is 0 Å². The first-order valence-electron chi connectivity index (χ1n) is 15.8. The van der Waals surface area contributed by atoms with E-state index in [1.165, 1.54) is 0 Å². The smallest absolute Gasteiger partial charge is 0.333 e. The van der Waals surface area contributed by atoms with Gasteiger partial charge in [0, 0.05) is 18.4 Å². The van der Waals surface area contributed by atoms with Gasteiger partial charge < -0.3 is 9.47 Å². The van der Waals surface area contributed by atoms with Crippen LogP contribution in [0.2, 0.25) is 0 Å². The molecule has 4 nitrogen and oxygen atoms in total. The highest BCUT2D eigenvalue weighted by molar-refractivity contribution is 5.89. The van der Waals surface area contributed by atoms with Crippen molar-refractivity contribution in [2.45, 2.75) is 124 Å². The maximum atomic E-state index is 12.8. The predicted octanol–water partition coefficient (Wildman–Crippen LogP) is 9.59. The van der Waals surface area contributed by atoms with Gasteiger partial charge in [0.25, 0.3) is 0 Å². The lowest BCUT2D eigenvalue weighted by Crippen LogP contribution is -2.36. The molecular weight excluding hydrogens is 496 g/mol. The number of ether oxygens (including phenoxy) is 2. The first-order chi connectivity index (χ1) is 19.5. The second-order valence-corrected chi connectivity index (χ2v) is 10.6. The SMILES string of the molecule is CC/C=C\C/C=C\C/C=C\C/C=C\C/C=C\CCCC(=O)C[C@H]1CC(C(=O)OCC)=C[C@@H](OC(CC)CC)[C@@H]1C. The van der Waals surface area contributed by atoms with E-state index in [0.717, 1.165) is 57.8 Å². The van der Waals surface area contributed by atoms with Gasteiger partial charge in [-0.2, -0.15) is 0 Å². The summed E-state index contributed by atoms with van der Waals surface area (Å²) >= 11 is 0. The molecule has 224 valence electrons. The second kappa shape index (κ2) is 23.3. The van der Waals surface area contributed by atoms with Crippen molar-refractivity contribution in [1.82, 2.24) is 0 Å². The third-order valence-corrected chi connectivity index (χ3v) is 7.38. The number of ketones is 1. The summed E-state index contributed by atoms with van der Waals surface area (Å²) in [5.74, 6) is 0.289. The number of carbonyl (C=O) groups is 2. The Morgan fingerprint density at radius 1 is 0.850 bits per heavy atom. The summed E-state index contributed by atoms with van der Waals surface area (Å²) in [5, 5.41) is 0. The zero-order chi connectivity index (χ0) is 29.4. The third-order valence-electron chi connectivity index (χ3n) is 7.38. The van der Waals surface area contributed by atoms with Gasteiger partial charge >= 0.3 is 5.97 Å². The highest BCUT2D eigenvalue weighted by Gasteiger charge is 2.35. The molecule has 0 saturated carbocycles. The predicted molar refractivity (Wildman–Crippen MR) is 169 cm³/mol. The summed E-state index contributed by atoms with van der Waals surface area (Å²) in [6.45, 7) is 10.7. The van der Waals surface area contributed by atoms with Crippen LogP contribution in [0.25, 0.3) is 0 Å². The topological polar surface area (TPSA) is 52.6 Å². The van der Waals surface area contributed by atoms with E-state index in [0.29, 0.717) is 31.4 Å². The number of carbonyl (C=O) groups excluding carboxylic acids is 2. The van der Waals surface area contributed by atoms with Crippen molar-refractivity contribution in [2.24, 2.45) is 11.8 Å². The Hall–Kier alpha value is -2.46. The van der Waals surface area contributed by atoms with Gasteiger partial charge in [-0.3, -0.25) is 4.79 Å². The van der Waals surface area contributed by atoms with Crippen LogP contribution in [0.15, 0.2) is 72.4 Å². The molecule has 0 aromatic carbocycles. The van der Waals surface area contributed by atoms with Crippen LogP contribution in [0, 0.1) is 11.8 Å². The van der Waals surface area contributed by atoms with E-state index in [1.807, 2.05) is 13.0 Å². The summed E-state index contributed by atoms with van der Waals surface area (Å²) in [6, 6.07) is 0. The number of hydrogen-bond donors (Lipinski definition) is 0. The maximum absolute atomic E-state index is 12.8. The highest BCUT2D eigenvalue weighted by Crippen LogP contribution is 2.35. The van der Waals surface area contributed by atoms with Crippen molar-refractivity contribution in [3.05, 3.63) is 72.4 Å². The first-order valence-corrected chi connectivity index (χ1v) is 15.8. The summed E-state index contributed by atoms with van der Waals surface area (Å²) in [5.41, 5.74) is 0.660. The summed E-state index contributed by atoms with van der Waals surface area (Å²) in [7, 11) is 0. The fourth-order valence-corrected chi connectivity index (χ4v) is 4.83. The number of rotatable bonds is 21. The van der Waals surface area contributed by atoms with Gasteiger partial charge in [0.15, 0.2) is 0 Å². The second-order valence-electron chi connectivity index (χ2n) is 10.6. The van der Waals surface area contributed by atoms with Gasteiger partial charge in [-0.1, -0.05) is 88.5 Å². The van der Waals surface area contributed by atoms with Gasteiger partial charge in [0.05, 0.1) is 18.8 Å². The number of Topliss-reactive ketones (excluding diaryl/α,β-unsaturated/α-hetero) is 1. The molecule has 0 aromatic rings. The Kier molecular flexibility index (Phi) is 20.7. The Balaban J connectivity index is 2.37. The van der Waals surface area contributed by atoms with Crippen molar-refractivity contribution in [3.8, 4) is 0 Å². The van der Waals surface area contributed by atoms with Crippen LogP contribution in [-0.4, -0.2) is 30.6 Å². The third kappa shape index (κ3) is 16.0. The minimum atomic E-state index is -0.275. The maximum Gasteiger partial charge on any atom is 0.333 e. The van der Waals surface area contributed by atoms with E-state index in [9.17, 15) is 9.59 Å². The fraction of sp³-hybridized carbons (Fsp3) is 0.611. The van der Waals surface area contributed by atoms with Crippen LogP contribution in [0.3, 0.4) is 0 Å². The monoisotopic (exact) mass is 552 g/mol. The number of allylic oxidation sites excluding steroid dienone is 10. The summed E-state index contributed by atoms with van der Waals surface area (Å²) in [6.07, 6.45) is 34.2. The Morgan fingerprint density at radius 3 is 1.93 bits per heavy atom. The van der Waals surface area contributed by atoms with Crippen LogP contribution < -0.4 is 0 Å². The molecule has 1 rings (SSSR count). The molecule has 1 aliphatic carbocycles. The molecule has 0 heterocycles. The zero-order valence-electron chi connectivity index (χ0n) is 26.0. The van der Waals surface area contributed by atoms with Gasteiger partial charge in [0.2, 0.25) is 0 Å². The van der Waals surface area contributed by atoms with E-state index >= 15 is 0 Å². The minimum Gasteiger partial charge on any atom is -0.463 e. The molecule has 4 heteroatoms. The van der Waals surface area contributed by atoms with Crippen LogP contribution >= 0.6 is 0 Å². The van der Waals surface area contributed by atoms with Gasteiger partial charge in [-0.25, -0.2) is 4.79 Å². The van der Waals surface area contributed by atoms with Gasteiger partial charge in [-0.15, -0.1) is 0 Å². The molecule has 40 heavy (non-hydrogen) atoms. The Labute approximate surface area is 245 Å². The van der Waals surface area contributed by atoms with Crippen molar-refractivity contribution >= 4 is 11.8 Å². The van der Waals surface area contributed by atoms with E-state index in [1.54, 1.807) is 0 Å². The van der Waals surface area contributed by atoms with Gasteiger partial charge in [0.1, 0.15) is 5.78 Å². The molecule has 1 aliphatic rings. The van der Waals surface area contributed by atoms with Crippen molar-refractivity contribution in [3.63, 3.8) is 0 Å². The Morgan fingerprint density at radius 2 is 1.40 bits per heavy atom. The molecule has 0 N–H and O–H groups in total. The summed E-state index contributed by atoms with van der Waals surface area (Å²) < 4.78 is 11.6. The lowest BCUT2D eigenvalue weighted by molar-refractivity contribution is -0.139. The minimum absolute atomic E-state index is 0.102. The number of unbranched alkanes of at least 4 members (excludes halogenated alkanes) is 1. The van der Waals surface area contributed by atoms with E-state index in [-0.39, 0.29) is 35.8 Å². The quantitative estimate of drug-likeness (QED) is 0.0808. The van der Waals surface area contributed by atoms with Crippen molar-refractivity contribution in [2.75, 3.05) is 6.61 Å². The zero-order valence-corrected chi connectivity index (χ0v) is 26.0. The van der Waals surface area contributed by atoms with Crippen LogP contribution in [0.1, 0.15) is 112 Å². The molecule has 0 radical (unpaired) electrons. The molecular formula is C36H56O4. The van der Waals surface area contributed by atoms with E-state index in [4.69, 9.17) is 9.47 Å². The molecule has 0 spiro atoms. The van der Waals surface area contributed by atoms with Crippen molar-refractivity contribution in [1.29, 1.82) is 0 Å². The average molecular weight is 553 g/mol. The van der Waals surface area contributed by atoms with Crippen LogP contribution in [-0.2, 0) is 19.1 Å². The first kappa shape index (κ1) is 35.6. The van der Waals surface area contributed by atoms with Crippen LogP contribution in [0.5, 0.6) is 0 Å². The van der Waals surface area contributed by atoms with Crippen LogP contribution in [0.4, 0.5) is 0 Å².